The second-order valence-corrected chi connectivity index (χ2v) is 3.45. The molecule has 1 aromatic carbocycles. The van der Waals surface area contributed by atoms with Crippen molar-refractivity contribution in [1.82, 2.24) is 0 Å². The fourth-order valence-electron chi connectivity index (χ4n) is 1.51. The Labute approximate surface area is 94.9 Å². The molecule has 6 heteroatoms. The molecule has 0 aliphatic carbocycles. The van der Waals surface area contributed by atoms with Crippen molar-refractivity contribution in [3.05, 3.63) is 35.4 Å². The first-order valence-corrected chi connectivity index (χ1v) is 4.79. The van der Waals surface area contributed by atoms with Crippen LogP contribution < -0.4 is 5.32 Å². The number of hydrogen-bond donors (Lipinski definition) is 1. The van der Waals surface area contributed by atoms with E-state index in [4.69, 9.17) is 0 Å². The first-order valence-electron chi connectivity index (χ1n) is 4.79. The van der Waals surface area contributed by atoms with Crippen LogP contribution in [0.1, 0.15) is 5.56 Å². The van der Waals surface area contributed by atoms with E-state index in [0.717, 1.165) is 5.69 Å². The minimum Gasteiger partial charge on any atom is -0.380 e. The van der Waals surface area contributed by atoms with E-state index in [9.17, 15) is 18.0 Å². The minimum atomic E-state index is -4.95. The SMILES string of the molecule is O=C(OC(F)(F)F)C1=Cc2ccccc2NC1. The van der Waals surface area contributed by atoms with Crippen molar-refractivity contribution in [2.45, 2.75) is 6.36 Å². The van der Waals surface area contributed by atoms with Gasteiger partial charge in [0, 0.05) is 12.2 Å². The van der Waals surface area contributed by atoms with E-state index in [1.165, 1.54) is 6.08 Å². The smallest absolute Gasteiger partial charge is 0.380 e. The van der Waals surface area contributed by atoms with Crippen LogP contribution in [0.3, 0.4) is 0 Å². The lowest BCUT2D eigenvalue weighted by Gasteiger charge is -2.17. The number of esters is 1. The average Bonchev–Trinajstić information content (AvgIpc) is 2.26. The summed E-state index contributed by atoms with van der Waals surface area (Å²) in [6.45, 7) is 0.0198. The lowest BCUT2D eigenvalue weighted by atomic mass is 10.0. The Hall–Kier alpha value is -1.98. The Bertz CT molecular complexity index is 480. The van der Waals surface area contributed by atoms with E-state index < -0.39 is 12.3 Å². The fraction of sp³-hybridized carbons (Fsp3) is 0.182. The molecule has 90 valence electrons. The molecule has 0 saturated carbocycles. The van der Waals surface area contributed by atoms with Gasteiger partial charge in [0.15, 0.2) is 0 Å². The summed E-state index contributed by atoms with van der Waals surface area (Å²) in [6, 6.07) is 6.99. The standard InChI is InChI=1S/C11H8F3NO2/c12-11(13,14)17-10(16)8-5-7-3-1-2-4-9(7)15-6-8/h1-5,15H,6H2. The Morgan fingerprint density at radius 2 is 2.00 bits per heavy atom. The number of benzene rings is 1. The van der Waals surface area contributed by atoms with Crippen LogP contribution in [0.15, 0.2) is 29.8 Å². The molecule has 1 aliphatic heterocycles. The van der Waals surface area contributed by atoms with Crippen LogP contribution in [0.2, 0.25) is 0 Å². The Balaban J connectivity index is 2.20. The van der Waals surface area contributed by atoms with E-state index in [1.54, 1.807) is 24.3 Å². The van der Waals surface area contributed by atoms with Gasteiger partial charge in [0.1, 0.15) is 0 Å². The third kappa shape index (κ3) is 2.77. The summed E-state index contributed by atoms with van der Waals surface area (Å²) in [4.78, 5) is 11.2. The summed E-state index contributed by atoms with van der Waals surface area (Å²) in [5.41, 5.74) is 1.38. The summed E-state index contributed by atoms with van der Waals surface area (Å²) in [7, 11) is 0. The molecule has 1 aromatic rings. The van der Waals surface area contributed by atoms with Crippen molar-refractivity contribution in [2.75, 3.05) is 11.9 Å². The monoisotopic (exact) mass is 243 g/mol. The molecular formula is C11H8F3NO2. The second-order valence-electron chi connectivity index (χ2n) is 3.45. The molecule has 0 bridgehead atoms. The molecule has 1 heterocycles. The molecular weight excluding hydrogens is 235 g/mol. The maximum absolute atomic E-state index is 11.9. The highest BCUT2D eigenvalue weighted by Crippen LogP contribution is 2.25. The highest BCUT2D eigenvalue weighted by molar-refractivity contribution is 5.97. The van der Waals surface area contributed by atoms with Crippen molar-refractivity contribution in [2.24, 2.45) is 0 Å². The molecule has 3 nitrogen and oxygen atoms in total. The summed E-state index contributed by atoms with van der Waals surface area (Å²) in [5, 5.41) is 2.84. The van der Waals surface area contributed by atoms with Gasteiger partial charge in [-0.15, -0.1) is 13.2 Å². The molecule has 1 aliphatic rings. The normalized spacial score (nSPS) is 14.4. The Morgan fingerprint density at radius 1 is 1.29 bits per heavy atom. The molecule has 2 rings (SSSR count). The molecule has 0 unspecified atom stereocenters. The summed E-state index contributed by atoms with van der Waals surface area (Å²) in [5.74, 6) is -1.38. The van der Waals surface area contributed by atoms with Crippen molar-refractivity contribution < 1.29 is 22.7 Å². The Morgan fingerprint density at radius 3 is 2.71 bits per heavy atom. The van der Waals surface area contributed by atoms with Gasteiger partial charge < -0.3 is 10.1 Å². The molecule has 0 saturated heterocycles. The predicted octanol–water partition coefficient (Wildman–Crippen LogP) is 2.56. The van der Waals surface area contributed by atoms with Crippen LogP contribution in [-0.4, -0.2) is 18.9 Å². The van der Waals surface area contributed by atoms with Gasteiger partial charge in [-0.2, -0.15) is 0 Å². The van der Waals surface area contributed by atoms with Gasteiger partial charge >= 0.3 is 12.3 Å². The largest absolute Gasteiger partial charge is 0.575 e. The molecule has 0 fully saturated rings. The first-order chi connectivity index (χ1) is 7.96. The number of halogens is 3. The van der Waals surface area contributed by atoms with Crippen molar-refractivity contribution >= 4 is 17.7 Å². The van der Waals surface area contributed by atoms with Crippen LogP contribution in [0, 0.1) is 0 Å². The lowest BCUT2D eigenvalue weighted by molar-refractivity contribution is -0.303. The molecule has 0 spiro atoms. The summed E-state index contributed by atoms with van der Waals surface area (Å²) >= 11 is 0. The van der Waals surface area contributed by atoms with E-state index in [0.29, 0.717) is 5.56 Å². The number of para-hydroxylation sites is 1. The van der Waals surface area contributed by atoms with Gasteiger partial charge in [0.25, 0.3) is 0 Å². The number of alkyl halides is 3. The van der Waals surface area contributed by atoms with Crippen LogP contribution in [0.4, 0.5) is 18.9 Å². The molecule has 0 radical (unpaired) electrons. The van der Waals surface area contributed by atoms with Gasteiger partial charge in [-0.1, -0.05) is 18.2 Å². The molecule has 0 aromatic heterocycles. The number of nitrogens with one attached hydrogen (secondary N) is 1. The topological polar surface area (TPSA) is 38.3 Å². The minimum absolute atomic E-state index is 0.0198. The third-order valence-electron chi connectivity index (χ3n) is 2.23. The zero-order valence-electron chi connectivity index (χ0n) is 8.54. The van der Waals surface area contributed by atoms with Gasteiger partial charge in [0.05, 0.1) is 5.57 Å². The van der Waals surface area contributed by atoms with Crippen LogP contribution in [0.25, 0.3) is 6.08 Å². The maximum atomic E-state index is 11.9. The van der Waals surface area contributed by atoms with Crippen LogP contribution in [-0.2, 0) is 9.53 Å². The van der Waals surface area contributed by atoms with E-state index in [-0.39, 0.29) is 12.1 Å². The predicted molar refractivity (Wildman–Crippen MR) is 55.1 cm³/mol. The van der Waals surface area contributed by atoms with Gasteiger partial charge in [0.2, 0.25) is 0 Å². The number of fused-ring (bicyclic) bond motifs is 1. The fourth-order valence-corrected chi connectivity index (χ4v) is 1.51. The number of ether oxygens (including phenoxy) is 1. The van der Waals surface area contributed by atoms with Crippen molar-refractivity contribution in [3.63, 3.8) is 0 Å². The van der Waals surface area contributed by atoms with E-state index in [2.05, 4.69) is 10.1 Å². The van der Waals surface area contributed by atoms with Crippen LogP contribution >= 0.6 is 0 Å². The maximum Gasteiger partial charge on any atom is 0.575 e. The number of carbonyl (C=O) groups is 1. The summed E-state index contributed by atoms with van der Waals surface area (Å²) in [6.07, 6.45) is -3.56. The molecule has 0 atom stereocenters. The second kappa shape index (κ2) is 4.12. The van der Waals surface area contributed by atoms with Crippen molar-refractivity contribution in [3.8, 4) is 0 Å². The highest BCUT2D eigenvalue weighted by Gasteiger charge is 2.35. The third-order valence-corrected chi connectivity index (χ3v) is 2.23. The highest BCUT2D eigenvalue weighted by atomic mass is 19.4. The molecule has 1 N–H and O–H groups in total. The van der Waals surface area contributed by atoms with Gasteiger partial charge in [-0.3, -0.25) is 0 Å². The number of anilines is 1. The van der Waals surface area contributed by atoms with Crippen molar-refractivity contribution in [1.29, 1.82) is 0 Å². The van der Waals surface area contributed by atoms with E-state index in [1.807, 2.05) is 0 Å². The number of rotatable bonds is 1. The lowest BCUT2D eigenvalue weighted by Crippen LogP contribution is -2.25. The molecule has 0 amide bonds. The number of carbonyl (C=O) groups excluding carboxylic acids is 1. The van der Waals surface area contributed by atoms with E-state index >= 15 is 0 Å². The summed E-state index contributed by atoms with van der Waals surface area (Å²) < 4.78 is 38.9. The Kier molecular flexibility index (Phi) is 2.79. The number of hydrogen-bond acceptors (Lipinski definition) is 3. The zero-order chi connectivity index (χ0) is 12.5. The quantitative estimate of drug-likeness (QED) is 0.770. The van der Waals surface area contributed by atoms with Gasteiger partial charge in [-0.25, -0.2) is 4.79 Å². The zero-order valence-corrected chi connectivity index (χ0v) is 8.54. The average molecular weight is 243 g/mol. The van der Waals surface area contributed by atoms with Crippen LogP contribution in [0.5, 0.6) is 0 Å². The van der Waals surface area contributed by atoms with Gasteiger partial charge in [-0.05, 0) is 17.7 Å². The first kappa shape index (κ1) is 11.5. The molecule has 17 heavy (non-hydrogen) atoms.